The summed E-state index contributed by atoms with van der Waals surface area (Å²) in [6, 6.07) is 4.38. The number of aliphatic carboxylic acids is 1. The van der Waals surface area contributed by atoms with Crippen LogP contribution in [-0.2, 0) is 11.2 Å². The predicted octanol–water partition coefficient (Wildman–Crippen LogP) is 0.442. The Morgan fingerprint density at radius 3 is 3.11 bits per heavy atom. The summed E-state index contributed by atoms with van der Waals surface area (Å²) in [5.74, 6) is -0.839. The summed E-state index contributed by atoms with van der Waals surface area (Å²) < 4.78 is 0. The molecule has 1 heterocycles. The summed E-state index contributed by atoms with van der Waals surface area (Å²) in [5, 5.41) is 8.25. The van der Waals surface area contributed by atoms with Crippen molar-refractivity contribution in [3.8, 4) is 0 Å². The van der Waals surface area contributed by atoms with Gasteiger partial charge in [0.15, 0.2) is 0 Å². The number of aromatic nitrogens is 1. The lowest BCUT2D eigenvalue weighted by Crippen LogP contribution is -1.99. The van der Waals surface area contributed by atoms with Gasteiger partial charge in [-0.3, -0.25) is 4.79 Å². The first-order chi connectivity index (χ1) is 4.29. The minimum Gasteiger partial charge on any atom is -0.481 e. The highest BCUT2D eigenvalue weighted by Gasteiger charge is 1.98. The van der Waals surface area contributed by atoms with Gasteiger partial charge in [0.05, 0.1) is 6.42 Å². The molecule has 1 radical (unpaired) electrons. The second kappa shape index (κ2) is 2.35. The molecule has 0 spiro atoms. The fraction of sp³-hybridized carbons (Fsp3) is 0.167. The molecule has 0 aliphatic rings. The summed E-state index contributed by atoms with van der Waals surface area (Å²) >= 11 is 0. The van der Waals surface area contributed by atoms with Crippen LogP contribution in [0.4, 0.5) is 0 Å². The van der Waals surface area contributed by atoms with Crippen LogP contribution in [-0.4, -0.2) is 16.1 Å². The van der Waals surface area contributed by atoms with Crippen LogP contribution < -0.4 is 0 Å². The van der Waals surface area contributed by atoms with E-state index in [0.29, 0.717) is 5.69 Å². The molecule has 0 saturated heterocycles. The topological polar surface area (TPSA) is 53.1 Å². The first-order valence-electron chi connectivity index (χ1n) is 2.55. The lowest BCUT2D eigenvalue weighted by atomic mass is 10.3. The van der Waals surface area contributed by atoms with E-state index in [2.05, 4.69) is 11.1 Å². The zero-order valence-electron chi connectivity index (χ0n) is 4.72. The summed E-state index contributed by atoms with van der Waals surface area (Å²) in [4.78, 5) is 12.8. The van der Waals surface area contributed by atoms with E-state index in [0.717, 1.165) is 0 Å². The minimum absolute atomic E-state index is 0.0208. The minimum atomic E-state index is -0.839. The third kappa shape index (κ3) is 1.60. The number of rotatable bonds is 2. The average molecular weight is 124 g/mol. The Morgan fingerprint density at radius 2 is 2.67 bits per heavy atom. The third-order valence-electron chi connectivity index (χ3n) is 0.926. The third-order valence-corrected chi connectivity index (χ3v) is 0.926. The van der Waals surface area contributed by atoms with Crippen LogP contribution in [0.1, 0.15) is 5.69 Å². The fourth-order valence-electron chi connectivity index (χ4n) is 0.579. The van der Waals surface area contributed by atoms with Gasteiger partial charge in [-0.15, -0.1) is 0 Å². The molecule has 0 atom stereocenters. The van der Waals surface area contributed by atoms with Crippen LogP contribution in [0, 0.1) is 6.07 Å². The molecule has 0 fully saturated rings. The van der Waals surface area contributed by atoms with Crippen molar-refractivity contribution in [1.82, 2.24) is 4.98 Å². The van der Waals surface area contributed by atoms with Crippen molar-refractivity contribution >= 4 is 5.97 Å². The van der Waals surface area contributed by atoms with E-state index in [-0.39, 0.29) is 6.42 Å². The van der Waals surface area contributed by atoms with Crippen LogP contribution in [0.2, 0.25) is 0 Å². The molecule has 1 rings (SSSR count). The number of carboxylic acids is 1. The number of nitrogens with one attached hydrogen (secondary N) is 1. The van der Waals surface area contributed by atoms with E-state index in [9.17, 15) is 4.79 Å². The van der Waals surface area contributed by atoms with Gasteiger partial charge in [0.25, 0.3) is 0 Å². The highest BCUT2D eigenvalue weighted by molar-refractivity contribution is 5.69. The van der Waals surface area contributed by atoms with Gasteiger partial charge in [0, 0.05) is 18.0 Å². The summed E-state index contributed by atoms with van der Waals surface area (Å²) in [7, 11) is 0. The largest absolute Gasteiger partial charge is 0.481 e. The van der Waals surface area contributed by atoms with Crippen LogP contribution in [0.25, 0.3) is 0 Å². The van der Waals surface area contributed by atoms with Crippen molar-refractivity contribution in [3.05, 3.63) is 24.0 Å². The second-order valence-electron chi connectivity index (χ2n) is 1.67. The van der Waals surface area contributed by atoms with Crippen LogP contribution in [0.5, 0.6) is 0 Å². The Balaban J connectivity index is 2.58. The van der Waals surface area contributed by atoms with Crippen molar-refractivity contribution in [3.63, 3.8) is 0 Å². The molecule has 0 saturated carbocycles. The summed E-state index contributed by atoms with van der Waals surface area (Å²) in [6.45, 7) is 0. The van der Waals surface area contributed by atoms with E-state index < -0.39 is 5.97 Å². The highest BCUT2D eigenvalue weighted by atomic mass is 16.4. The summed E-state index contributed by atoms with van der Waals surface area (Å²) in [6.07, 6.45) is 1.67. The molecule has 0 aromatic carbocycles. The van der Waals surface area contributed by atoms with E-state index in [1.54, 1.807) is 12.3 Å². The lowest BCUT2D eigenvalue weighted by Gasteiger charge is -1.86. The zero-order valence-corrected chi connectivity index (χ0v) is 4.72. The van der Waals surface area contributed by atoms with Crippen molar-refractivity contribution < 1.29 is 9.90 Å². The molecule has 47 valence electrons. The monoisotopic (exact) mass is 124 g/mol. The Bertz CT molecular complexity index is 191. The number of carboxylic acid groups (broad SMARTS) is 1. The molecule has 3 heteroatoms. The number of aromatic amines is 1. The van der Waals surface area contributed by atoms with E-state index in [1.165, 1.54) is 0 Å². The van der Waals surface area contributed by atoms with Crippen LogP contribution in [0.15, 0.2) is 12.3 Å². The Hall–Kier alpha value is -1.25. The van der Waals surface area contributed by atoms with Gasteiger partial charge in [-0.1, -0.05) is 0 Å². The number of H-pyrrole nitrogens is 1. The van der Waals surface area contributed by atoms with Crippen molar-refractivity contribution in [2.24, 2.45) is 0 Å². The Morgan fingerprint density at radius 1 is 1.89 bits per heavy atom. The van der Waals surface area contributed by atoms with E-state index >= 15 is 0 Å². The lowest BCUT2D eigenvalue weighted by molar-refractivity contribution is -0.136. The normalized spacial score (nSPS) is 9.33. The maximum atomic E-state index is 10.0. The van der Waals surface area contributed by atoms with Gasteiger partial charge in [0.1, 0.15) is 0 Å². The van der Waals surface area contributed by atoms with Crippen molar-refractivity contribution in [1.29, 1.82) is 0 Å². The Labute approximate surface area is 52.3 Å². The number of carbonyl (C=O) groups is 1. The van der Waals surface area contributed by atoms with Crippen molar-refractivity contribution in [2.45, 2.75) is 6.42 Å². The molecule has 0 bridgehead atoms. The number of hydrogen-bond donors (Lipinski definition) is 2. The first kappa shape index (κ1) is 5.88. The molecule has 0 unspecified atom stereocenters. The first-order valence-corrected chi connectivity index (χ1v) is 2.55. The second-order valence-corrected chi connectivity index (χ2v) is 1.67. The molecular weight excluding hydrogens is 118 g/mol. The maximum Gasteiger partial charge on any atom is 0.309 e. The predicted molar refractivity (Wildman–Crippen MR) is 31.0 cm³/mol. The molecule has 9 heavy (non-hydrogen) atoms. The van der Waals surface area contributed by atoms with Gasteiger partial charge in [-0.05, 0) is 6.07 Å². The quantitative estimate of drug-likeness (QED) is 0.601. The molecule has 3 nitrogen and oxygen atoms in total. The fourth-order valence-corrected chi connectivity index (χ4v) is 0.579. The smallest absolute Gasteiger partial charge is 0.309 e. The van der Waals surface area contributed by atoms with E-state index in [1.807, 2.05) is 0 Å². The average Bonchev–Trinajstić information content (AvgIpc) is 2.15. The van der Waals surface area contributed by atoms with Gasteiger partial charge >= 0.3 is 5.97 Å². The maximum absolute atomic E-state index is 10.0. The molecule has 0 aliphatic carbocycles. The Kier molecular flexibility index (Phi) is 1.53. The van der Waals surface area contributed by atoms with Crippen LogP contribution in [0.3, 0.4) is 0 Å². The van der Waals surface area contributed by atoms with E-state index in [4.69, 9.17) is 5.11 Å². The molecule has 0 amide bonds. The molecule has 1 aromatic heterocycles. The molecule has 0 aliphatic heterocycles. The molecule has 2 N–H and O–H groups in total. The SMILES string of the molecule is O=C(O)Cc1[c]cc[nH]1. The molecule has 1 aromatic rings. The van der Waals surface area contributed by atoms with Gasteiger partial charge < -0.3 is 10.1 Å². The molecular formula is C6H6NO2. The van der Waals surface area contributed by atoms with Crippen molar-refractivity contribution in [2.75, 3.05) is 0 Å². The standard InChI is InChI=1S/C6H6NO2/c8-6(9)4-5-2-1-3-7-5/h1,3,7H,4H2,(H,8,9). The van der Waals surface area contributed by atoms with Gasteiger partial charge in [0.2, 0.25) is 0 Å². The zero-order chi connectivity index (χ0) is 6.69. The van der Waals surface area contributed by atoms with Crippen LogP contribution >= 0.6 is 0 Å². The highest BCUT2D eigenvalue weighted by Crippen LogP contribution is 1.92. The van der Waals surface area contributed by atoms with Gasteiger partial charge in [-0.25, -0.2) is 0 Å². The number of hydrogen-bond acceptors (Lipinski definition) is 1. The van der Waals surface area contributed by atoms with Gasteiger partial charge in [-0.2, -0.15) is 0 Å². The summed E-state index contributed by atoms with van der Waals surface area (Å²) in [5.41, 5.74) is 0.613.